The molecule has 3 rings (SSSR count). The van der Waals surface area contributed by atoms with E-state index in [2.05, 4.69) is 4.98 Å². The van der Waals surface area contributed by atoms with Crippen LogP contribution < -0.4 is 16.3 Å². The van der Waals surface area contributed by atoms with Gasteiger partial charge >= 0.3 is 6.09 Å². The van der Waals surface area contributed by atoms with Gasteiger partial charge in [-0.05, 0) is 57.6 Å². The van der Waals surface area contributed by atoms with Gasteiger partial charge in [0.15, 0.2) is 0 Å². The van der Waals surface area contributed by atoms with Gasteiger partial charge in [0.2, 0.25) is 0 Å². The van der Waals surface area contributed by atoms with E-state index >= 15 is 0 Å². The number of hydrazine groups is 1. The lowest BCUT2D eigenvalue weighted by molar-refractivity contribution is -0.122. The van der Waals surface area contributed by atoms with E-state index in [4.69, 9.17) is 31.0 Å². The molecule has 10 heteroatoms. The van der Waals surface area contributed by atoms with Gasteiger partial charge in [-0.3, -0.25) is 4.79 Å². The molecule has 34 heavy (non-hydrogen) atoms. The first-order chi connectivity index (χ1) is 16.3. The molecule has 1 aromatic heterocycles. The zero-order chi connectivity index (χ0) is 25.1. The average Bonchev–Trinajstić information content (AvgIpc) is 3.36. The van der Waals surface area contributed by atoms with Crippen molar-refractivity contribution in [2.75, 3.05) is 20.7 Å². The normalized spacial score (nSPS) is 17.2. The summed E-state index contributed by atoms with van der Waals surface area (Å²) in [5.74, 6) is 6.78. The lowest BCUT2D eigenvalue weighted by atomic mass is 9.98. The molecule has 0 bridgehead atoms. The number of nitrogens with zero attached hydrogens (tertiary/aromatic N) is 3. The molecule has 0 spiro atoms. The number of carbonyl (C=O) groups is 2. The lowest BCUT2D eigenvalue weighted by Gasteiger charge is -2.25. The predicted molar refractivity (Wildman–Crippen MR) is 130 cm³/mol. The fourth-order valence-corrected chi connectivity index (χ4v) is 4.38. The van der Waals surface area contributed by atoms with Crippen LogP contribution in [-0.4, -0.2) is 65.4 Å². The number of likely N-dealkylation sites (N-methyl/N-ethyl adjacent to an activating group) is 1. The van der Waals surface area contributed by atoms with Gasteiger partial charge in [-0.2, -0.15) is 0 Å². The van der Waals surface area contributed by atoms with Crippen molar-refractivity contribution in [3.05, 3.63) is 29.2 Å². The van der Waals surface area contributed by atoms with Crippen molar-refractivity contribution < 1.29 is 24.2 Å². The van der Waals surface area contributed by atoms with E-state index in [0.29, 0.717) is 17.1 Å². The minimum absolute atomic E-state index is 0.0181. The third-order valence-corrected chi connectivity index (χ3v) is 6.39. The summed E-state index contributed by atoms with van der Waals surface area (Å²) >= 11 is 0. The third kappa shape index (κ3) is 7.79. The number of aromatic nitrogens is 1. The monoisotopic (exact) mass is 477 g/mol. The predicted octanol–water partition coefficient (Wildman–Crippen LogP) is 3.25. The quantitative estimate of drug-likeness (QED) is 0.306. The Balaban J connectivity index is 0.00000129. The van der Waals surface area contributed by atoms with Crippen LogP contribution in [0.2, 0.25) is 0 Å². The Bertz CT molecular complexity index is 833. The van der Waals surface area contributed by atoms with Crippen molar-refractivity contribution in [3.8, 4) is 5.75 Å². The van der Waals surface area contributed by atoms with Gasteiger partial charge in [0.1, 0.15) is 12.4 Å². The fourth-order valence-electron chi connectivity index (χ4n) is 4.38. The van der Waals surface area contributed by atoms with Crippen LogP contribution in [-0.2, 0) is 9.53 Å². The molecular formula is C24H39N5O5. The Morgan fingerprint density at radius 1 is 1.15 bits per heavy atom. The molecule has 2 fully saturated rings. The molecule has 2 aliphatic rings. The van der Waals surface area contributed by atoms with Crippen molar-refractivity contribution in [1.82, 2.24) is 14.9 Å². The topological polar surface area (TPSA) is 144 Å². The molecule has 0 aromatic carbocycles. The zero-order valence-corrected chi connectivity index (χ0v) is 20.5. The number of carboxylic acid groups (broad SMARTS) is 1. The number of nitrogens with two attached hydrogens (primary N) is 2. The SMILES string of the molecule is Cc1nc(/C(N)=C(\COC(=O)N(C)C2CCCC2)N(C)N)ccc1OC1CCCCC1.O=CO. The Kier molecular flexibility index (Phi) is 10.9. The van der Waals surface area contributed by atoms with E-state index in [1.54, 1.807) is 19.0 Å². The maximum atomic E-state index is 12.5. The molecule has 10 nitrogen and oxygen atoms in total. The summed E-state index contributed by atoms with van der Waals surface area (Å²) in [6, 6.07) is 3.98. The van der Waals surface area contributed by atoms with Crippen LogP contribution in [0, 0.1) is 6.92 Å². The Labute approximate surface area is 201 Å². The van der Waals surface area contributed by atoms with E-state index in [1.807, 2.05) is 19.1 Å². The highest BCUT2D eigenvalue weighted by Crippen LogP contribution is 2.27. The number of pyridine rings is 1. The molecule has 1 aromatic rings. The number of aryl methyl sites for hydroxylation is 1. The fraction of sp³-hybridized carbons (Fsp3) is 0.625. The first-order valence-corrected chi connectivity index (χ1v) is 11.9. The Morgan fingerprint density at radius 3 is 2.29 bits per heavy atom. The van der Waals surface area contributed by atoms with Gasteiger partial charge in [0.05, 0.1) is 28.9 Å². The highest BCUT2D eigenvalue weighted by Gasteiger charge is 2.25. The summed E-state index contributed by atoms with van der Waals surface area (Å²) in [5, 5.41) is 8.27. The smallest absolute Gasteiger partial charge is 0.410 e. The van der Waals surface area contributed by atoms with Crippen LogP contribution in [0.3, 0.4) is 0 Å². The summed E-state index contributed by atoms with van der Waals surface area (Å²) in [7, 11) is 3.46. The van der Waals surface area contributed by atoms with Crippen molar-refractivity contribution in [1.29, 1.82) is 0 Å². The molecule has 2 aliphatic carbocycles. The second kappa shape index (κ2) is 13.6. The number of rotatable bonds is 7. The summed E-state index contributed by atoms with van der Waals surface area (Å²) in [6.07, 6.45) is 10.1. The summed E-state index contributed by atoms with van der Waals surface area (Å²) < 4.78 is 11.7. The highest BCUT2D eigenvalue weighted by atomic mass is 16.6. The van der Waals surface area contributed by atoms with Gasteiger partial charge in [-0.1, -0.05) is 19.3 Å². The molecule has 5 N–H and O–H groups in total. The van der Waals surface area contributed by atoms with Gasteiger partial charge < -0.3 is 30.2 Å². The van der Waals surface area contributed by atoms with Gasteiger partial charge in [0.25, 0.3) is 6.47 Å². The molecule has 0 atom stereocenters. The van der Waals surface area contributed by atoms with E-state index < -0.39 is 0 Å². The molecule has 1 heterocycles. The van der Waals surface area contributed by atoms with Crippen molar-refractivity contribution >= 4 is 18.3 Å². The summed E-state index contributed by atoms with van der Waals surface area (Å²) in [4.78, 5) is 27.1. The van der Waals surface area contributed by atoms with Crippen molar-refractivity contribution in [3.63, 3.8) is 0 Å². The van der Waals surface area contributed by atoms with Crippen LogP contribution in [0.1, 0.15) is 69.2 Å². The number of hydrogen-bond donors (Lipinski definition) is 3. The number of ether oxygens (including phenoxy) is 2. The van der Waals surface area contributed by atoms with Gasteiger partial charge in [-0.25, -0.2) is 15.6 Å². The summed E-state index contributed by atoms with van der Waals surface area (Å²) in [5.41, 5.74) is 8.63. The lowest BCUT2D eigenvalue weighted by Crippen LogP contribution is -2.37. The van der Waals surface area contributed by atoms with Crippen molar-refractivity contribution in [2.45, 2.75) is 76.9 Å². The largest absolute Gasteiger partial charge is 0.489 e. The highest BCUT2D eigenvalue weighted by molar-refractivity contribution is 5.69. The van der Waals surface area contributed by atoms with E-state index in [-0.39, 0.29) is 31.3 Å². The zero-order valence-electron chi connectivity index (χ0n) is 20.5. The maximum absolute atomic E-state index is 12.5. The second-order valence-corrected chi connectivity index (χ2v) is 8.84. The first-order valence-electron chi connectivity index (χ1n) is 11.9. The van der Waals surface area contributed by atoms with Gasteiger partial charge in [0, 0.05) is 20.1 Å². The molecule has 0 aliphatic heterocycles. The number of carbonyl (C=O) groups excluding carboxylic acids is 1. The molecule has 2 saturated carbocycles. The van der Waals surface area contributed by atoms with E-state index in [9.17, 15) is 4.79 Å². The third-order valence-electron chi connectivity index (χ3n) is 6.39. The van der Waals surface area contributed by atoms with Crippen LogP contribution in [0.4, 0.5) is 4.79 Å². The molecule has 190 valence electrons. The summed E-state index contributed by atoms with van der Waals surface area (Å²) in [6.45, 7) is 1.65. The Hall–Kier alpha value is -3.01. The van der Waals surface area contributed by atoms with Crippen molar-refractivity contribution in [2.24, 2.45) is 11.6 Å². The number of hydrogen-bond acceptors (Lipinski definition) is 8. The second-order valence-electron chi connectivity index (χ2n) is 8.84. The Morgan fingerprint density at radius 2 is 1.74 bits per heavy atom. The van der Waals surface area contributed by atoms with Crippen LogP contribution in [0.25, 0.3) is 5.70 Å². The average molecular weight is 478 g/mol. The first kappa shape index (κ1) is 27.2. The molecule has 0 unspecified atom stereocenters. The molecule has 0 saturated heterocycles. The van der Waals surface area contributed by atoms with E-state index in [0.717, 1.165) is 50.0 Å². The standard InChI is InChI=1S/C23H37N5O3.CH2O2/c1-16-21(31-18-11-5-4-6-12-18)14-13-19(26-16)22(24)20(28(3)25)15-30-23(29)27(2)17-9-7-8-10-17;2-1-3/h13-14,17-18H,4-12,15,24-25H2,1-3H3;1H,(H,2,3)/b22-20-;. The maximum Gasteiger partial charge on any atom is 0.410 e. The molecular weight excluding hydrogens is 438 g/mol. The van der Waals surface area contributed by atoms with Crippen LogP contribution >= 0.6 is 0 Å². The van der Waals surface area contributed by atoms with E-state index in [1.165, 1.54) is 24.3 Å². The molecule has 0 radical (unpaired) electrons. The minimum atomic E-state index is -0.362. The van der Waals surface area contributed by atoms with Crippen LogP contribution in [0.5, 0.6) is 5.75 Å². The molecule has 1 amide bonds. The minimum Gasteiger partial charge on any atom is -0.489 e. The number of amides is 1. The van der Waals surface area contributed by atoms with Crippen LogP contribution in [0.15, 0.2) is 17.8 Å². The van der Waals surface area contributed by atoms with Gasteiger partial charge in [-0.15, -0.1) is 0 Å².